The topological polar surface area (TPSA) is 74.6 Å². The van der Waals surface area contributed by atoms with Crippen molar-refractivity contribution in [2.45, 2.75) is 32.6 Å². The quantitative estimate of drug-likeness (QED) is 0.682. The van der Waals surface area contributed by atoms with Crippen LogP contribution in [0.15, 0.2) is 0 Å². The lowest BCUT2D eigenvalue weighted by atomic mass is 9.96. The molecular weight excluding hydrogens is 184 g/mol. The van der Waals surface area contributed by atoms with Gasteiger partial charge in [0.25, 0.3) is 0 Å². The van der Waals surface area contributed by atoms with Crippen molar-refractivity contribution in [3.05, 3.63) is 0 Å². The Morgan fingerprint density at radius 1 is 1.43 bits per heavy atom. The monoisotopic (exact) mass is 200 g/mol. The third-order valence-corrected chi connectivity index (χ3v) is 2.86. The first kappa shape index (κ1) is 11.0. The van der Waals surface area contributed by atoms with Gasteiger partial charge in [0.2, 0.25) is 0 Å². The normalized spacial score (nSPS) is 26.9. The van der Waals surface area contributed by atoms with Crippen LogP contribution in [0.4, 0.5) is 0 Å². The van der Waals surface area contributed by atoms with Crippen molar-refractivity contribution in [2.24, 2.45) is 17.8 Å². The van der Waals surface area contributed by atoms with Gasteiger partial charge in [-0.05, 0) is 18.8 Å². The Hall–Kier alpha value is -1.06. The van der Waals surface area contributed by atoms with Crippen molar-refractivity contribution in [1.82, 2.24) is 0 Å². The molecule has 0 aromatic heterocycles. The first-order valence-electron chi connectivity index (χ1n) is 5.03. The summed E-state index contributed by atoms with van der Waals surface area (Å²) in [5.41, 5.74) is 0. The van der Waals surface area contributed by atoms with Crippen LogP contribution in [0.5, 0.6) is 0 Å². The number of unbranched alkanes of at least 4 members (excludes halogenated alkanes) is 1. The molecule has 0 aliphatic heterocycles. The molecule has 1 saturated carbocycles. The van der Waals surface area contributed by atoms with Gasteiger partial charge in [-0.1, -0.05) is 19.8 Å². The van der Waals surface area contributed by atoms with Gasteiger partial charge in [0, 0.05) is 0 Å². The molecular formula is C10H16O4. The molecule has 0 bridgehead atoms. The van der Waals surface area contributed by atoms with Gasteiger partial charge in [-0.2, -0.15) is 0 Å². The Morgan fingerprint density at radius 2 is 2.07 bits per heavy atom. The van der Waals surface area contributed by atoms with Crippen LogP contribution >= 0.6 is 0 Å². The molecule has 14 heavy (non-hydrogen) atoms. The summed E-state index contributed by atoms with van der Waals surface area (Å²) in [6, 6.07) is 0. The molecule has 2 N–H and O–H groups in total. The van der Waals surface area contributed by atoms with Crippen LogP contribution in [-0.4, -0.2) is 22.2 Å². The molecule has 1 aliphatic carbocycles. The largest absolute Gasteiger partial charge is 0.481 e. The number of carboxylic acids is 2. The minimum absolute atomic E-state index is 0.128. The van der Waals surface area contributed by atoms with Crippen LogP contribution in [0, 0.1) is 17.8 Å². The average Bonchev–Trinajstić information content (AvgIpc) is 2.84. The summed E-state index contributed by atoms with van der Waals surface area (Å²) in [4.78, 5) is 21.4. The third kappa shape index (κ3) is 2.47. The lowest BCUT2D eigenvalue weighted by molar-refractivity contribution is -0.143. The fraction of sp³-hybridized carbons (Fsp3) is 0.800. The minimum atomic E-state index is -0.849. The zero-order valence-electron chi connectivity index (χ0n) is 8.27. The van der Waals surface area contributed by atoms with Gasteiger partial charge >= 0.3 is 11.9 Å². The Balaban J connectivity index is 2.45. The van der Waals surface area contributed by atoms with Gasteiger partial charge in [0.15, 0.2) is 0 Å². The molecule has 3 atom stereocenters. The fourth-order valence-electron chi connectivity index (χ4n) is 1.89. The summed E-state index contributed by atoms with van der Waals surface area (Å²) < 4.78 is 0. The van der Waals surface area contributed by atoms with Crippen LogP contribution < -0.4 is 0 Å². The van der Waals surface area contributed by atoms with E-state index in [0.29, 0.717) is 12.8 Å². The SMILES string of the molecule is CCCCC(C(=O)O)C1CC1C(=O)O. The van der Waals surface area contributed by atoms with Crippen molar-refractivity contribution < 1.29 is 19.8 Å². The van der Waals surface area contributed by atoms with Crippen LogP contribution in [-0.2, 0) is 9.59 Å². The van der Waals surface area contributed by atoms with Gasteiger partial charge in [0.05, 0.1) is 11.8 Å². The van der Waals surface area contributed by atoms with E-state index in [1.165, 1.54) is 0 Å². The van der Waals surface area contributed by atoms with Crippen molar-refractivity contribution in [1.29, 1.82) is 0 Å². The molecule has 4 nitrogen and oxygen atoms in total. The first-order chi connectivity index (χ1) is 6.57. The van der Waals surface area contributed by atoms with Crippen molar-refractivity contribution in [3.63, 3.8) is 0 Å². The summed E-state index contributed by atoms with van der Waals surface area (Å²) in [7, 11) is 0. The van der Waals surface area contributed by atoms with Crippen molar-refractivity contribution in [3.8, 4) is 0 Å². The van der Waals surface area contributed by atoms with Crippen LogP contribution in [0.3, 0.4) is 0 Å². The molecule has 0 amide bonds. The number of rotatable bonds is 6. The molecule has 3 unspecified atom stereocenters. The molecule has 0 heterocycles. The number of hydrogen-bond acceptors (Lipinski definition) is 2. The lowest BCUT2D eigenvalue weighted by Crippen LogP contribution is -2.18. The maximum atomic E-state index is 10.9. The first-order valence-corrected chi connectivity index (χ1v) is 5.03. The Morgan fingerprint density at radius 3 is 2.43 bits per heavy atom. The molecule has 0 radical (unpaired) electrons. The van der Waals surface area contributed by atoms with Gasteiger partial charge in [-0.3, -0.25) is 9.59 Å². The maximum absolute atomic E-state index is 10.9. The van der Waals surface area contributed by atoms with Gasteiger partial charge in [-0.25, -0.2) is 0 Å². The summed E-state index contributed by atoms with van der Waals surface area (Å²) in [6.45, 7) is 2.00. The molecule has 4 heteroatoms. The number of carbonyl (C=O) groups is 2. The molecule has 1 aliphatic rings. The molecule has 0 aromatic carbocycles. The summed E-state index contributed by atoms with van der Waals surface area (Å²) >= 11 is 0. The molecule has 0 saturated heterocycles. The van der Waals surface area contributed by atoms with Gasteiger partial charge < -0.3 is 10.2 Å². The van der Waals surface area contributed by atoms with E-state index in [4.69, 9.17) is 10.2 Å². The zero-order chi connectivity index (χ0) is 10.7. The molecule has 1 fully saturated rings. The van der Waals surface area contributed by atoms with Crippen LogP contribution in [0.1, 0.15) is 32.6 Å². The molecule has 1 rings (SSSR count). The molecule has 0 spiro atoms. The van der Waals surface area contributed by atoms with Crippen LogP contribution in [0.25, 0.3) is 0 Å². The smallest absolute Gasteiger partial charge is 0.306 e. The second-order valence-corrected chi connectivity index (χ2v) is 3.93. The van der Waals surface area contributed by atoms with Crippen molar-refractivity contribution >= 4 is 11.9 Å². The lowest BCUT2D eigenvalue weighted by Gasteiger charge is -2.09. The van der Waals surface area contributed by atoms with E-state index in [0.717, 1.165) is 12.8 Å². The fourth-order valence-corrected chi connectivity index (χ4v) is 1.89. The zero-order valence-corrected chi connectivity index (χ0v) is 8.27. The predicted molar refractivity (Wildman–Crippen MR) is 49.9 cm³/mol. The van der Waals surface area contributed by atoms with E-state index in [9.17, 15) is 9.59 Å². The highest BCUT2D eigenvalue weighted by Gasteiger charge is 2.49. The minimum Gasteiger partial charge on any atom is -0.481 e. The maximum Gasteiger partial charge on any atom is 0.306 e. The average molecular weight is 200 g/mol. The van der Waals surface area contributed by atoms with E-state index < -0.39 is 23.8 Å². The van der Waals surface area contributed by atoms with Gasteiger partial charge in [0.1, 0.15) is 0 Å². The van der Waals surface area contributed by atoms with Gasteiger partial charge in [-0.15, -0.1) is 0 Å². The Kier molecular flexibility index (Phi) is 3.49. The van der Waals surface area contributed by atoms with E-state index in [2.05, 4.69) is 0 Å². The van der Waals surface area contributed by atoms with Crippen LogP contribution in [0.2, 0.25) is 0 Å². The highest BCUT2D eigenvalue weighted by atomic mass is 16.4. The predicted octanol–water partition coefficient (Wildman–Crippen LogP) is 1.60. The highest BCUT2D eigenvalue weighted by Crippen LogP contribution is 2.46. The summed E-state index contributed by atoms with van der Waals surface area (Å²) in [5, 5.41) is 17.6. The highest BCUT2D eigenvalue weighted by molar-refractivity contribution is 5.77. The Bertz CT molecular complexity index is 236. The summed E-state index contributed by atoms with van der Waals surface area (Å²) in [5.74, 6) is -2.68. The second-order valence-electron chi connectivity index (χ2n) is 3.93. The number of aliphatic carboxylic acids is 2. The van der Waals surface area contributed by atoms with E-state index in [1.54, 1.807) is 0 Å². The van der Waals surface area contributed by atoms with E-state index in [1.807, 2.05) is 6.92 Å². The standard InChI is InChI=1S/C10H16O4/c1-2-3-4-6(9(11)12)7-5-8(7)10(13)14/h6-8H,2-5H2,1H3,(H,11,12)(H,13,14). The summed E-state index contributed by atoms with van der Waals surface area (Å²) in [6.07, 6.45) is 2.96. The van der Waals surface area contributed by atoms with Crippen molar-refractivity contribution in [2.75, 3.05) is 0 Å². The van der Waals surface area contributed by atoms with E-state index >= 15 is 0 Å². The number of carboxylic acid groups (broad SMARTS) is 2. The third-order valence-electron chi connectivity index (χ3n) is 2.86. The van der Waals surface area contributed by atoms with E-state index in [-0.39, 0.29) is 5.92 Å². The molecule has 80 valence electrons. The number of hydrogen-bond donors (Lipinski definition) is 2. The second kappa shape index (κ2) is 4.44. The molecule has 0 aromatic rings. The Labute approximate surface area is 82.9 Å².